The molecule has 0 fully saturated rings. The summed E-state index contributed by atoms with van der Waals surface area (Å²) in [5.74, 6) is -2.25. The van der Waals surface area contributed by atoms with Crippen molar-refractivity contribution >= 4 is 34.8 Å². The van der Waals surface area contributed by atoms with Crippen molar-refractivity contribution in [3.8, 4) is 0 Å². The van der Waals surface area contributed by atoms with Crippen LogP contribution in [0.25, 0.3) is 0 Å². The highest BCUT2D eigenvalue weighted by molar-refractivity contribution is 14.1. The Morgan fingerprint density at radius 3 is 2.72 bits per heavy atom. The Kier molecular flexibility index (Phi) is 2.30. The van der Waals surface area contributed by atoms with Crippen molar-refractivity contribution < 1.29 is 4.39 Å². The minimum absolute atomic E-state index is 0.227. The van der Waals surface area contributed by atoms with Crippen molar-refractivity contribution in [3.05, 3.63) is 50.8 Å². The molecule has 0 spiro atoms. The Bertz CT molecular complexity index is 775. The molecule has 1 aliphatic heterocycles. The lowest BCUT2D eigenvalue weighted by Crippen LogP contribution is -2.39. The zero-order valence-electron chi connectivity index (χ0n) is 8.80. The molecule has 1 atom stereocenters. The molecule has 0 amide bonds. The molecular formula is C10H6FIN4O2. The number of aromatic amines is 1. The first-order chi connectivity index (χ1) is 8.54. The third-order valence-electron chi connectivity index (χ3n) is 2.73. The highest BCUT2D eigenvalue weighted by Crippen LogP contribution is 2.37. The van der Waals surface area contributed by atoms with Crippen molar-refractivity contribution in [2.75, 3.05) is 0 Å². The van der Waals surface area contributed by atoms with Crippen LogP contribution in [0.2, 0.25) is 0 Å². The summed E-state index contributed by atoms with van der Waals surface area (Å²) in [6, 6.07) is 6.53. The van der Waals surface area contributed by atoms with Crippen molar-refractivity contribution in [3.63, 3.8) is 0 Å². The van der Waals surface area contributed by atoms with E-state index in [9.17, 15) is 14.0 Å². The van der Waals surface area contributed by atoms with Gasteiger partial charge in [-0.3, -0.25) is 4.99 Å². The number of benzene rings is 1. The van der Waals surface area contributed by atoms with E-state index in [1.54, 1.807) is 18.2 Å². The van der Waals surface area contributed by atoms with Gasteiger partial charge in [-0.15, -0.1) is 0 Å². The first-order valence-electron chi connectivity index (χ1n) is 4.98. The van der Waals surface area contributed by atoms with Crippen LogP contribution in [0.1, 0.15) is 5.56 Å². The summed E-state index contributed by atoms with van der Waals surface area (Å²) in [6.07, 6.45) is 1.01. The normalized spacial score (nSPS) is 21.2. The molecule has 2 aromatic rings. The van der Waals surface area contributed by atoms with Gasteiger partial charge in [0, 0.05) is 5.56 Å². The van der Waals surface area contributed by atoms with E-state index in [1.165, 1.54) is 28.9 Å². The Balaban J connectivity index is 2.31. The standard InChI is InChI=1S/C10H6FIN4O2/c11-10(16-9(18)15(12)8(17)14-16)5-13-7-4-2-1-3-6(7)10/h1-5H,(H,14,17). The van der Waals surface area contributed by atoms with E-state index in [1.807, 2.05) is 0 Å². The summed E-state index contributed by atoms with van der Waals surface area (Å²) in [4.78, 5) is 27.0. The number of aliphatic imine (C=N–C) groups is 1. The quantitative estimate of drug-likeness (QED) is 0.769. The molecule has 1 N–H and O–H groups in total. The lowest BCUT2D eigenvalue weighted by atomic mass is 10.1. The summed E-state index contributed by atoms with van der Waals surface area (Å²) in [7, 11) is 0. The molecule has 1 aliphatic rings. The first kappa shape index (κ1) is 11.4. The SMILES string of the molecule is O=c1[nH]n(C2(F)C=Nc3ccccc32)c(=O)n1I. The van der Waals surface area contributed by atoms with E-state index in [-0.39, 0.29) is 5.56 Å². The van der Waals surface area contributed by atoms with Gasteiger partial charge in [-0.05, 0) is 6.07 Å². The topological polar surface area (TPSA) is 72.2 Å². The van der Waals surface area contributed by atoms with Gasteiger partial charge in [-0.2, -0.15) is 7.46 Å². The second-order valence-electron chi connectivity index (χ2n) is 3.76. The van der Waals surface area contributed by atoms with Gasteiger partial charge in [-0.1, -0.05) is 18.2 Å². The largest absolute Gasteiger partial charge is 0.359 e. The van der Waals surface area contributed by atoms with Gasteiger partial charge in [0.15, 0.2) is 0 Å². The van der Waals surface area contributed by atoms with E-state index in [0.717, 1.165) is 9.00 Å². The maximum atomic E-state index is 14.9. The third-order valence-corrected chi connectivity index (χ3v) is 3.58. The van der Waals surface area contributed by atoms with Crippen molar-refractivity contribution in [1.29, 1.82) is 0 Å². The van der Waals surface area contributed by atoms with Gasteiger partial charge in [0.2, 0.25) is 0 Å². The molecule has 0 saturated heterocycles. The van der Waals surface area contributed by atoms with Crippen LogP contribution in [0.15, 0.2) is 38.8 Å². The smallest absolute Gasteiger partial charge is 0.255 e. The minimum Gasteiger partial charge on any atom is -0.255 e. The van der Waals surface area contributed by atoms with Crippen LogP contribution >= 0.6 is 22.9 Å². The lowest BCUT2D eigenvalue weighted by molar-refractivity contribution is 0.198. The molecule has 2 heterocycles. The molecule has 0 aliphatic carbocycles. The van der Waals surface area contributed by atoms with Gasteiger partial charge in [0.25, 0.3) is 5.79 Å². The van der Waals surface area contributed by atoms with E-state index in [2.05, 4.69) is 10.1 Å². The van der Waals surface area contributed by atoms with Crippen LogP contribution < -0.4 is 11.4 Å². The number of fused-ring (bicyclic) bond motifs is 1. The monoisotopic (exact) mass is 360 g/mol. The summed E-state index contributed by atoms with van der Waals surface area (Å²) in [5.41, 5.74) is -0.791. The van der Waals surface area contributed by atoms with E-state index >= 15 is 0 Å². The predicted octanol–water partition coefficient (Wildman–Crippen LogP) is 0.923. The van der Waals surface area contributed by atoms with Crippen LogP contribution in [0.3, 0.4) is 0 Å². The Morgan fingerprint density at radius 1 is 1.33 bits per heavy atom. The molecular weight excluding hydrogens is 354 g/mol. The number of rotatable bonds is 1. The Labute approximate surface area is 113 Å². The van der Waals surface area contributed by atoms with E-state index in [0.29, 0.717) is 10.4 Å². The zero-order valence-corrected chi connectivity index (χ0v) is 11.0. The van der Waals surface area contributed by atoms with Gasteiger partial charge >= 0.3 is 11.4 Å². The van der Waals surface area contributed by atoms with Crippen molar-refractivity contribution in [1.82, 2.24) is 12.6 Å². The second-order valence-corrected chi connectivity index (χ2v) is 4.73. The molecule has 0 saturated carbocycles. The fraction of sp³-hybridized carbons (Fsp3) is 0.100. The van der Waals surface area contributed by atoms with E-state index < -0.39 is 17.2 Å². The maximum Gasteiger partial charge on any atom is 0.359 e. The highest BCUT2D eigenvalue weighted by atomic mass is 127. The number of para-hydroxylation sites is 1. The average molecular weight is 360 g/mol. The average Bonchev–Trinajstić information content (AvgIpc) is 2.85. The molecule has 18 heavy (non-hydrogen) atoms. The summed E-state index contributed by atoms with van der Waals surface area (Å²) < 4.78 is 16.3. The molecule has 92 valence electrons. The van der Waals surface area contributed by atoms with Gasteiger partial charge < -0.3 is 0 Å². The van der Waals surface area contributed by atoms with Crippen LogP contribution in [-0.2, 0) is 5.79 Å². The molecule has 1 unspecified atom stereocenters. The van der Waals surface area contributed by atoms with Gasteiger partial charge in [-0.25, -0.2) is 19.1 Å². The van der Waals surface area contributed by atoms with Gasteiger partial charge in [0.1, 0.15) is 0 Å². The van der Waals surface area contributed by atoms with Crippen molar-refractivity contribution in [2.45, 2.75) is 5.79 Å². The third kappa shape index (κ3) is 1.35. The fourth-order valence-corrected chi connectivity index (χ4v) is 2.19. The van der Waals surface area contributed by atoms with Crippen LogP contribution in [-0.4, -0.2) is 18.8 Å². The number of nitrogens with zero attached hydrogens (tertiary/aromatic N) is 3. The summed E-state index contributed by atoms with van der Waals surface area (Å²) >= 11 is 1.51. The number of halogens is 2. The highest BCUT2D eigenvalue weighted by Gasteiger charge is 2.41. The van der Waals surface area contributed by atoms with Crippen LogP contribution in [0, 0.1) is 0 Å². The molecule has 6 nitrogen and oxygen atoms in total. The second kappa shape index (κ2) is 3.64. The zero-order chi connectivity index (χ0) is 12.9. The van der Waals surface area contributed by atoms with E-state index in [4.69, 9.17) is 0 Å². The molecule has 8 heteroatoms. The summed E-state index contributed by atoms with van der Waals surface area (Å²) in [5, 5.41) is 2.17. The minimum atomic E-state index is -2.25. The Hall–Kier alpha value is -1.71. The number of hydrogen-bond acceptors (Lipinski definition) is 3. The summed E-state index contributed by atoms with van der Waals surface area (Å²) in [6.45, 7) is 0. The lowest BCUT2D eigenvalue weighted by Gasteiger charge is -2.17. The number of nitrogens with one attached hydrogen (secondary N) is 1. The van der Waals surface area contributed by atoms with Crippen LogP contribution in [0.4, 0.5) is 10.1 Å². The Morgan fingerprint density at radius 2 is 2.06 bits per heavy atom. The molecule has 0 bridgehead atoms. The fourth-order valence-electron chi connectivity index (χ4n) is 1.87. The van der Waals surface area contributed by atoms with Crippen molar-refractivity contribution in [2.24, 2.45) is 4.99 Å². The molecule has 1 aromatic carbocycles. The number of H-pyrrole nitrogens is 1. The number of alkyl halides is 1. The van der Waals surface area contributed by atoms with Crippen LogP contribution in [0.5, 0.6) is 0 Å². The molecule has 0 radical (unpaired) electrons. The van der Waals surface area contributed by atoms with Gasteiger partial charge in [0.05, 0.1) is 34.8 Å². The molecule has 3 rings (SSSR count). The number of hydrogen-bond donors (Lipinski definition) is 1. The number of aromatic nitrogens is 3. The maximum absolute atomic E-state index is 14.9. The predicted molar refractivity (Wildman–Crippen MR) is 71.5 cm³/mol. The first-order valence-corrected chi connectivity index (χ1v) is 5.95. The molecule has 1 aromatic heterocycles.